The lowest BCUT2D eigenvalue weighted by molar-refractivity contribution is -0.125. The molecule has 1 atom stereocenters. The molecule has 1 heterocycles. The second kappa shape index (κ2) is 6.52. The summed E-state index contributed by atoms with van der Waals surface area (Å²) in [6.45, 7) is 6.59. The fourth-order valence-corrected chi connectivity index (χ4v) is 3.12. The lowest BCUT2D eigenvalue weighted by Gasteiger charge is -2.31. The molecule has 1 fully saturated rings. The molecule has 1 N–H and O–H groups in total. The Morgan fingerprint density at radius 3 is 2.33 bits per heavy atom. The topological polar surface area (TPSA) is 66.5 Å². The van der Waals surface area contributed by atoms with E-state index in [4.69, 9.17) is 0 Å². The molecule has 1 aliphatic heterocycles. The van der Waals surface area contributed by atoms with Crippen molar-refractivity contribution in [1.82, 2.24) is 9.62 Å². The summed E-state index contributed by atoms with van der Waals surface area (Å²) in [6, 6.07) is 0.120. The van der Waals surface area contributed by atoms with E-state index in [0.717, 1.165) is 6.42 Å². The SMILES string of the molecule is CC[C@H](C)C(=O)NC1CCN(S(=O)(=O)CC)CC1. The Bertz CT molecular complexity index is 373. The quantitative estimate of drug-likeness (QED) is 0.813. The van der Waals surface area contributed by atoms with Gasteiger partial charge >= 0.3 is 0 Å². The molecule has 0 spiro atoms. The Labute approximate surface area is 110 Å². The average Bonchev–Trinajstić information content (AvgIpc) is 2.38. The molecule has 0 aromatic heterocycles. The highest BCUT2D eigenvalue weighted by Crippen LogP contribution is 2.15. The first-order valence-electron chi connectivity index (χ1n) is 6.68. The number of carbonyl (C=O) groups is 1. The summed E-state index contributed by atoms with van der Waals surface area (Å²) in [5.74, 6) is 0.258. The van der Waals surface area contributed by atoms with Gasteiger partial charge in [-0.05, 0) is 26.2 Å². The van der Waals surface area contributed by atoms with Gasteiger partial charge in [0.1, 0.15) is 0 Å². The molecule has 0 aromatic rings. The van der Waals surface area contributed by atoms with E-state index in [-0.39, 0.29) is 23.6 Å². The number of sulfonamides is 1. The maximum absolute atomic E-state index is 11.7. The van der Waals surface area contributed by atoms with E-state index in [2.05, 4.69) is 5.32 Å². The zero-order valence-corrected chi connectivity index (χ0v) is 12.3. The van der Waals surface area contributed by atoms with Crippen LogP contribution in [0.15, 0.2) is 0 Å². The summed E-state index contributed by atoms with van der Waals surface area (Å²) >= 11 is 0. The number of hydrogen-bond acceptors (Lipinski definition) is 3. The van der Waals surface area contributed by atoms with E-state index in [1.54, 1.807) is 6.92 Å². The Morgan fingerprint density at radius 2 is 1.89 bits per heavy atom. The highest BCUT2D eigenvalue weighted by Gasteiger charge is 2.27. The van der Waals surface area contributed by atoms with Gasteiger partial charge in [0, 0.05) is 25.0 Å². The fraction of sp³-hybridized carbons (Fsp3) is 0.917. The Balaban J connectivity index is 2.43. The van der Waals surface area contributed by atoms with Crippen molar-refractivity contribution < 1.29 is 13.2 Å². The average molecular weight is 276 g/mol. The van der Waals surface area contributed by atoms with Crippen molar-refractivity contribution in [2.24, 2.45) is 5.92 Å². The molecule has 0 aromatic carbocycles. The number of piperidine rings is 1. The van der Waals surface area contributed by atoms with Crippen LogP contribution in [0.25, 0.3) is 0 Å². The van der Waals surface area contributed by atoms with E-state index < -0.39 is 10.0 Å². The zero-order valence-electron chi connectivity index (χ0n) is 11.5. The summed E-state index contributed by atoms with van der Waals surface area (Å²) in [5, 5.41) is 3.00. The van der Waals surface area contributed by atoms with Crippen LogP contribution in [0.4, 0.5) is 0 Å². The van der Waals surface area contributed by atoms with Gasteiger partial charge in [-0.25, -0.2) is 12.7 Å². The van der Waals surface area contributed by atoms with E-state index in [9.17, 15) is 13.2 Å². The van der Waals surface area contributed by atoms with Crippen LogP contribution < -0.4 is 5.32 Å². The minimum Gasteiger partial charge on any atom is -0.353 e. The minimum atomic E-state index is -3.07. The van der Waals surface area contributed by atoms with E-state index in [1.807, 2.05) is 13.8 Å². The summed E-state index contributed by atoms with van der Waals surface area (Å²) < 4.78 is 24.9. The molecule has 0 aliphatic carbocycles. The van der Waals surface area contributed by atoms with Crippen LogP contribution in [0.3, 0.4) is 0 Å². The van der Waals surface area contributed by atoms with Gasteiger partial charge in [0.05, 0.1) is 5.75 Å². The van der Waals surface area contributed by atoms with Crippen LogP contribution >= 0.6 is 0 Å². The zero-order chi connectivity index (χ0) is 13.8. The molecule has 106 valence electrons. The first kappa shape index (κ1) is 15.4. The molecule has 5 nitrogen and oxygen atoms in total. The largest absolute Gasteiger partial charge is 0.353 e. The van der Waals surface area contributed by atoms with Crippen LogP contribution in [-0.2, 0) is 14.8 Å². The molecule has 1 amide bonds. The number of hydrogen-bond donors (Lipinski definition) is 1. The molecule has 0 radical (unpaired) electrons. The van der Waals surface area contributed by atoms with Gasteiger partial charge in [-0.15, -0.1) is 0 Å². The van der Waals surface area contributed by atoms with Gasteiger partial charge in [-0.1, -0.05) is 13.8 Å². The van der Waals surface area contributed by atoms with E-state index in [1.165, 1.54) is 4.31 Å². The van der Waals surface area contributed by atoms with Gasteiger partial charge in [0.25, 0.3) is 0 Å². The summed E-state index contributed by atoms with van der Waals surface area (Å²) in [7, 11) is -3.07. The van der Waals surface area contributed by atoms with Crippen LogP contribution in [-0.4, -0.2) is 43.5 Å². The maximum atomic E-state index is 11.7. The third-order valence-electron chi connectivity index (χ3n) is 3.62. The van der Waals surface area contributed by atoms with Gasteiger partial charge in [-0.2, -0.15) is 0 Å². The summed E-state index contributed by atoms with van der Waals surface area (Å²) in [6.07, 6.45) is 2.25. The lowest BCUT2D eigenvalue weighted by Crippen LogP contribution is -2.47. The lowest BCUT2D eigenvalue weighted by atomic mass is 10.0. The number of nitrogens with one attached hydrogen (secondary N) is 1. The second-order valence-electron chi connectivity index (χ2n) is 4.89. The molecule has 1 aliphatic rings. The van der Waals surface area contributed by atoms with Crippen LogP contribution in [0.5, 0.6) is 0 Å². The van der Waals surface area contributed by atoms with E-state index >= 15 is 0 Å². The van der Waals surface area contributed by atoms with Crippen molar-refractivity contribution in [2.75, 3.05) is 18.8 Å². The first-order chi connectivity index (χ1) is 8.40. The maximum Gasteiger partial charge on any atom is 0.223 e. The number of amides is 1. The minimum absolute atomic E-state index is 0.0300. The molecule has 0 bridgehead atoms. The molecule has 1 rings (SSSR count). The molecular weight excluding hydrogens is 252 g/mol. The van der Waals surface area contributed by atoms with Crippen molar-refractivity contribution in [3.8, 4) is 0 Å². The standard InChI is InChI=1S/C12H24N2O3S/c1-4-10(3)12(15)13-11-6-8-14(9-7-11)18(16,17)5-2/h10-11H,4-9H2,1-3H3,(H,13,15)/t10-/m0/s1. The van der Waals surface area contributed by atoms with Crippen molar-refractivity contribution >= 4 is 15.9 Å². The Morgan fingerprint density at radius 1 is 1.33 bits per heavy atom. The predicted molar refractivity (Wildman–Crippen MR) is 71.7 cm³/mol. The summed E-state index contributed by atoms with van der Waals surface area (Å²) in [4.78, 5) is 11.7. The molecule has 0 saturated carbocycles. The predicted octanol–water partition coefficient (Wildman–Crippen LogP) is 0.963. The second-order valence-corrected chi connectivity index (χ2v) is 7.15. The third kappa shape index (κ3) is 3.95. The van der Waals surface area contributed by atoms with E-state index in [0.29, 0.717) is 25.9 Å². The number of nitrogens with zero attached hydrogens (tertiary/aromatic N) is 1. The number of rotatable bonds is 5. The van der Waals surface area contributed by atoms with Crippen molar-refractivity contribution in [2.45, 2.75) is 46.1 Å². The molecule has 6 heteroatoms. The van der Waals surface area contributed by atoms with Crippen molar-refractivity contribution in [3.63, 3.8) is 0 Å². The molecular formula is C12H24N2O3S. The van der Waals surface area contributed by atoms with Gasteiger partial charge in [0.2, 0.25) is 15.9 Å². The van der Waals surface area contributed by atoms with Crippen LogP contribution in [0.1, 0.15) is 40.0 Å². The smallest absolute Gasteiger partial charge is 0.223 e. The van der Waals surface area contributed by atoms with Gasteiger partial charge < -0.3 is 5.32 Å². The summed E-state index contributed by atoms with van der Waals surface area (Å²) in [5.41, 5.74) is 0. The Kier molecular flexibility index (Phi) is 5.59. The third-order valence-corrected chi connectivity index (χ3v) is 5.50. The normalized spacial score (nSPS) is 20.6. The van der Waals surface area contributed by atoms with Crippen LogP contribution in [0, 0.1) is 5.92 Å². The molecule has 18 heavy (non-hydrogen) atoms. The van der Waals surface area contributed by atoms with Crippen molar-refractivity contribution in [3.05, 3.63) is 0 Å². The Hall–Kier alpha value is -0.620. The van der Waals surface area contributed by atoms with Gasteiger partial charge in [-0.3, -0.25) is 4.79 Å². The fourth-order valence-electron chi connectivity index (χ4n) is 1.99. The highest BCUT2D eigenvalue weighted by molar-refractivity contribution is 7.89. The van der Waals surface area contributed by atoms with Crippen molar-refractivity contribution in [1.29, 1.82) is 0 Å². The monoisotopic (exact) mass is 276 g/mol. The number of carbonyl (C=O) groups excluding carboxylic acids is 1. The molecule has 1 saturated heterocycles. The first-order valence-corrected chi connectivity index (χ1v) is 8.29. The highest BCUT2D eigenvalue weighted by atomic mass is 32.2. The van der Waals surface area contributed by atoms with Crippen LogP contribution in [0.2, 0.25) is 0 Å². The molecule has 0 unspecified atom stereocenters. The van der Waals surface area contributed by atoms with Gasteiger partial charge in [0.15, 0.2) is 0 Å².